The van der Waals surface area contributed by atoms with Gasteiger partial charge in [-0.05, 0) is 40.2 Å². The summed E-state index contributed by atoms with van der Waals surface area (Å²) in [6.45, 7) is 1.20. The van der Waals surface area contributed by atoms with Gasteiger partial charge in [0.25, 0.3) is 0 Å². The number of hydrogen-bond acceptors (Lipinski definition) is 6. The second kappa shape index (κ2) is 7.31. The minimum absolute atomic E-state index is 0.00241. The number of thiazole rings is 1. The largest absolute Gasteiger partial charge is 0.470 e. The van der Waals surface area contributed by atoms with Crippen molar-refractivity contribution in [1.29, 1.82) is 0 Å². The van der Waals surface area contributed by atoms with Crippen molar-refractivity contribution in [3.63, 3.8) is 0 Å². The molecule has 1 amide bonds. The lowest BCUT2D eigenvalue weighted by atomic mass is 10.2. The molecular weight excluding hydrogens is 422 g/mol. The molecule has 1 aromatic carbocycles. The van der Waals surface area contributed by atoms with Crippen molar-refractivity contribution in [1.82, 2.24) is 14.9 Å². The summed E-state index contributed by atoms with van der Waals surface area (Å²) in [4.78, 5) is 22.8. The number of halogens is 1. The van der Waals surface area contributed by atoms with Gasteiger partial charge >= 0.3 is 0 Å². The van der Waals surface area contributed by atoms with Crippen molar-refractivity contribution >= 4 is 55.2 Å². The summed E-state index contributed by atoms with van der Waals surface area (Å²) in [5.41, 5.74) is 0.987. The molecule has 0 aliphatic carbocycles. The molecule has 128 valence electrons. The lowest BCUT2D eigenvalue weighted by molar-refractivity contribution is -0.137. The number of fused-ring (bicyclic) bond motifs is 1. The van der Waals surface area contributed by atoms with Crippen LogP contribution in [-0.4, -0.2) is 45.7 Å². The highest BCUT2D eigenvalue weighted by molar-refractivity contribution is 9.10. The smallest absolute Gasteiger partial charge is 0.233 e. The fourth-order valence-corrected chi connectivity index (χ4v) is 4.78. The first kappa shape index (κ1) is 16.8. The molecule has 1 saturated heterocycles. The SMILES string of the molecule is O=C(CSc1nc2ccccc2s1)N1CC(Oc2ncccc2Br)C1. The second-order valence-corrected chi connectivity index (χ2v) is 8.67. The summed E-state index contributed by atoms with van der Waals surface area (Å²) in [5.74, 6) is 1.09. The Morgan fingerprint density at radius 1 is 1.32 bits per heavy atom. The number of pyridine rings is 1. The fraction of sp³-hybridized carbons (Fsp3) is 0.235. The van der Waals surface area contributed by atoms with Crippen molar-refractivity contribution in [2.45, 2.75) is 10.4 Å². The van der Waals surface area contributed by atoms with Gasteiger partial charge in [0.15, 0.2) is 4.34 Å². The Morgan fingerprint density at radius 2 is 2.16 bits per heavy atom. The van der Waals surface area contributed by atoms with E-state index >= 15 is 0 Å². The van der Waals surface area contributed by atoms with Crippen LogP contribution in [0.15, 0.2) is 51.4 Å². The highest BCUT2D eigenvalue weighted by Crippen LogP contribution is 2.30. The van der Waals surface area contributed by atoms with Crippen LogP contribution in [0.3, 0.4) is 0 Å². The maximum absolute atomic E-state index is 12.3. The Hall–Kier alpha value is -1.64. The molecule has 25 heavy (non-hydrogen) atoms. The van der Waals surface area contributed by atoms with Crippen LogP contribution < -0.4 is 4.74 Å². The third-order valence-electron chi connectivity index (χ3n) is 3.80. The number of likely N-dealkylation sites (tertiary alicyclic amines) is 1. The van der Waals surface area contributed by atoms with Gasteiger partial charge in [0.2, 0.25) is 11.8 Å². The zero-order valence-electron chi connectivity index (χ0n) is 13.1. The quantitative estimate of drug-likeness (QED) is 0.569. The standard InChI is InChI=1S/C17H14BrN3O2S2/c18-12-4-3-7-19-16(12)23-11-8-21(9-11)15(22)10-24-17-20-13-5-1-2-6-14(13)25-17/h1-7,11H,8-10H2. The van der Waals surface area contributed by atoms with Crippen molar-refractivity contribution < 1.29 is 9.53 Å². The van der Waals surface area contributed by atoms with Crippen LogP contribution in [0.5, 0.6) is 5.88 Å². The summed E-state index contributed by atoms with van der Waals surface area (Å²) < 4.78 is 8.70. The number of nitrogens with zero attached hydrogens (tertiary/aromatic N) is 3. The Balaban J connectivity index is 1.26. The van der Waals surface area contributed by atoms with Crippen LogP contribution in [0.2, 0.25) is 0 Å². The predicted molar refractivity (Wildman–Crippen MR) is 103 cm³/mol. The van der Waals surface area contributed by atoms with Gasteiger partial charge in [-0.15, -0.1) is 11.3 Å². The summed E-state index contributed by atoms with van der Waals surface area (Å²) >= 11 is 6.53. The number of ether oxygens (including phenoxy) is 1. The van der Waals surface area contributed by atoms with Crippen molar-refractivity contribution in [2.24, 2.45) is 0 Å². The van der Waals surface area contributed by atoms with E-state index in [0.717, 1.165) is 19.0 Å². The van der Waals surface area contributed by atoms with Crippen molar-refractivity contribution in [2.75, 3.05) is 18.8 Å². The van der Waals surface area contributed by atoms with E-state index in [-0.39, 0.29) is 12.0 Å². The molecule has 1 fully saturated rings. The molecular formula is C17H14BrN3O2S2. The number of rotatable bonds is 5. The summed E-state index contributed by atoms with van der Waals surface area (Å²) in [5, 5.41) is 0. The Morgan fingerprint density at radius 3 is 2.96 bits per heavy atom. The van der Waals surface area contributed by atoms with E-state index in [4.69, 9.17) is 4.74 Å². The first-order chi connectivity index (χ1) is 12.2. The van der Waals surface area contributed by atoms with Crippen LogP contribution >= 0.6 is 39.0 Å². The Kier molecular flexibility index (Phi) is 4.91. The average molecular weight is 436 g/mol. The molecule has 5 nitrogen and oxygen atoms in total. The maximum atomic E-state index is 12.3. The van der Waals surface area contributed by atoms with Gasteiger partial charge in [-0.3, -0.25) is 4.79 Å². The molecule has 1 aliphatic heterocycles. The molecule has 4 rings (SSSR count). The third-order valence-corrected chi connectivity index (χ3v) is 6.56. The van der Waals surface area contributed by atoms with E-state index in [1.165, 1.54) is 11.8 Å². The van der Waals surface area contributed by atoms with Gasteiger partial charge in [0, 0.05) is 6.20 Å². The number of benzene rings is 1. The highest BCUT2D eigenvalue weighted by atomic mass is 79.9. The van der Waals surface area contributed by atoms with Gasteiger partial charge in [-0.25, -0.2) is 9.97 Å². The molecule has 3 aromatic rings. The number of thioether (sulfide) groups is 1. The van der Waals surface area contributed by atoms with E-state index in [9.17, 15) is 4.79 Å². The van der Waals surface area contributed by atoms with E-state index in [1.807, 2.05) is 41.3 Å². The van der Waals surface area contributed by atoms with Crippen LogP contribution in [0.4, 0.5) is 0 Å². The summed E-state index contributed by atoms with van der Waals surface area (Å²) in [6.07, 6.45) is 1.69. The van der Waals surface area contributed by atoms with Crippen LogP contribution in [-0.2, 0) is 4.79 Å². The molecule has 0 spiro atoms. The maximum Gasteiger partial charge on any atom is 0.233 e. The molecule has 0 bridgehead atoms. The molecule has 2 aromatic heterocycles. The van der Waals surface area contributed by atoms with Crippen LogP contribution in [0.25, 0.3) is 10.2 Å². The second-order valence-electron chi connectivity index (χ2n) is 5.57. The van der Waals surface area contributed by atoms with E-state index in [1.54, 1.807) is 17.5 Å². The lowest BCUT2D eigenvalue weighted by Crippen LogP contribution is -2.56. The van der Waals surface area contributed by atoms with E-state index in [2.05, 4.69) is 25.9 Å². The van der Waals surface area contributed by atoms with Gasteiger partial charge < -0.3 is 9.64 Å². The molecule has 3 heterocycles. The number of carbonyl (C=O) groups is 1. The lowest BCUT2D eigenvalue weighted by Gasteiger charge is -2.38. The van der Waals surface area contributed by atoms with Gasteiger partial charge in [0.1, 0.15) is 6.10 Å². The topological polar surface area (TPSA) is 55.3 Å². The average Bonchev–Trinajstić information content (AvgIpc) is 3.00. The molecule has 0 radical (unpaired) electrons. The molecule has 1 aliphatic rings. The number of hydrogen-bond donors (Lipinski definition) is 0. The third kappa shape index (κ3) is 3.80. The summed E-state index contributed by atoms with van der Waals surface area (Å²) in [7, 11) is 0. The zero-order chi connectivity index (χ0) is 17.2. The summed E-state index contributed by atoms with van der Waals surface area (Å²) in [6, 6.07) is 11.7. The van der Waals surface area contributed by atoms with E-state index < -0.39 is 0 Å². The normalized spacial score (nSPS) is 14.5. The van der Waals surface area contributed by atoms with Crippen molar-refractivity contribution in [3.8, 4) is 5.88 Å². The highest BCUT2D eigenvalue weighted by Gasteiger charge is 2.32. The van der Waals surface area contributed by atoms with Crippen LogP contribution in [0.1, 0.15) is 0 Å². The zero-order valence-corrected chi connectivity index (χ0v) is 16.3. The molecule has 0 N–H and O–H groups in total. The monoisotopic (exact) mass is 435 g/mol. The minimum Gasteiger partial charge on any atom is -0.470 e. The first-order valence-corrected chi connectivity index (χ1v) is 10.3. The van der Waals surface area contributed by atoms with Crippen molar-refractivity contribution in [3.05, 3.63) is 47.1 Å². The number of carbonyl (C=O) groups excluding carboxylic acids is 1. The molecule has 8 heteroatoms. The Bertz CT molecular complexity index is 879. The first-order valence-electron chi connectivity index (χ1n) is 7.72. The van der Waals surface area contributed by atoms with E-state index in [0.29, 0.717) is 24.7 Å². The van der Waals surface area contributed by atoms with Gasteiger partial charge in [-0.1, -0.05) is 23.9 Å². The minimum atomic E-state index is 0.00241. The number of aromatic nitrogens is 2. The van der Waals surface area contributed by atoms with Gasteiger partial charge in [-0.2, -0.15) is 0 Å². The predicted octanol–water partition coefficient (Wildman–Crippen LogP) is 3.84. The molecule has 0 atom stereocenters. The fourth-order valence-electron chi connectivity index (χ4n) is 2.46. The van der Waals surface area contributed by atoms with Gasteiger partial charge in [0.05, 0.1) is 33.5 Å². The number of para-hydroxylation sites is 1. The number of amides is 1. The molecule has 0 unspecified atom stereocenters. The Labute approximate surface area is 161 Å². The van der Waals surface area contributed by atoms with Crippen LogP contribution in [0, 0.1) is 0 Å². The molecule has 0 saturated carbocycles.